The van der Waals surface area contributed by atoms with Gasteiger partial charge in [0.05, 0.1) is 12.1 Å². The first-order valence-corrected chi connectivity index (χ1v) is 16.2. The molecule has 268 valence electrons. The number of aldehydes is 2. The Morgan fingerprint density at radius 1 is 0.979 bits per heavy atom. The number of hydrogen-bond acceptors (Lipinski definition) is 10. The molecule has 4 unspecified atom stereocenters. The fraction of sp³-hybridized carbons (Fsp3) is 0.647. The third-order valence-corrected chi connectivity index (χ3v) is 6.58. The highest BCUT2D eigenvalue weighted by atomic mass is 16.7. The molecule has 47 heavy (non-hydrogen) atoms. The van der Waals surface area contributed by atoms with Gasteiger partial charge < -0.3 is 30.4 Å². The van der Waals surface area contributed by atoms with Crippen LogP contribution in [0.25, 0.3) is 0 Å². The predicted molar refractivity (Wildman–Crippen MR) is 180 cm³/mol. The van der Waals surface area contributed by atoms with Crippen molar-refractivity contribution in [3.05, 3.63) is 35.9 Å². The van der Waals surface area contributed by atoms with Crippen LogP contribution < -0.4 is 16.1 Å². The van der Waals surface area contributed by atoms with Gasteiger partial charge in [-0.25, -0.2) is 4.79 Å². The lowest BCUT2D eigenvalue weighted by Crippen LogP contribution is -2.50. The van der Waals surface area contributed by atoms with Crippen LogP contribution in [0.4, 0.5) is 0 Å². The average molecular weight is 667 g/mol. The number of nitrogens with zero attached hydrogens (tertiary/aromatic N) is 1. The van der Waals surface area contributed by atoms with Crippen LogP contribution in [0.5, 0.6) is 0 Å². The number of rotatable bonds is 15. The average Bonchev–Trinajstić information content (AvgIpc) is 3.46. The summed E-state index contributed by atoms with van der Waals surface area (Å²) in [5.41, 5.74) is 3.34. The molecule has 2 rings (SSSR count). The Morgan fingerprint density at radius 2 is 1.53 bits per heavy atom. The lowest BCUT2D eigenvalue weighted by Gasteiger charge is -2.22. The van der Waals surface area contributed by atoms with Crippen LogP contribution in [0.2, 0.25) is 0 Å². The number of carbonyl (C=O) groups excluding carboxylic acids is 5. The number of likely N-dealkylation sites (tertiary alicyclic amines) is 1. The third kappa shape index (κ3) is 20.4. The first-order chi connectivity index (χ1) is 22.1. The molecular weight excluding hydrogens is 608 g/mol. The fourth-order valence-corrected chi connectivity index (χ4v) is 3.65. The van der Waals surface area contributed by atoms with Crippen LogP contribution in [0, 0.1) is 11.8 Å². The Hall–Kier alpha value is -3.52. The summed E-state index contributed by atoms with van der Waals surface area (Å²) in [4.78, 5) is 74.2. The zero-order chi connectivity index (χ0) is 36.5. The van der Waals surface area contributed by atoms with Gasteiger partial charge in [0.15, 0.2) is 0 Å². The second kappa shape index (κ2) is 26.5. The van der Waals surface area contributed by atoms with E-state index < -0.39 is 47.8 Å². The van der Waals surface area contributed by atoms with Crippen molar-refractivity contribution in [2.75, 3.05) is 13.6 Å². The number of ketones is 1. The van der Waals surface area contributed by atoms with Crippen molar-refractivity contribution in [3.8, 4) is 0 Å². The molecule has 5 atom stereocenters. The van der Waals surface area contributed by atoms with E-state index in [0.717, 1.165) is 31.2 Å². The van der Waals surface area contributed by atoms with Crippen LogP contribution in [0.15, 0.2) is 30.3 Å². The Morgan fingerprint density at radius 3 is 1.94 bits per heavy atom. The van der Waals surface area contributed by atoms with Crippen molar-refractivity contribution in [1.82, 2.24) is 21.0 Å². The number of hydrogen-bond donors (Lipinski definition) is 5. The molecule has 1 saturated heterocycles. The summed E-state index contributed by atoms with van der Waals surface area (Å²) in [6, 6.07) is 6.33. The number of aliphatic hydroxyl groups is 1. The molecule has 13 heteroatoms. The van der Waals surface area contributed by atoms with Crippen LogP contribution in [-0.2, 0) is 40.0 Å². The number of aliphatic hydroxyl groups excluding tert-OH is 1. The number of carboxylic acids is 1. The first-order valence-electron chi connectivity index (χ1n) is 16.2. The van der Waals surface area contributed by atoms with Crippen LogP contribution in [-0.4, -0.2) is 95.3 Å². The molecule has 2 amide bonds. The number of aliphatic carboxylic acids is 1. The van der Waals surface area contributed by atoms with Gasteiger partial charge in [-0.05, 0) is 44.2 Å². The molecule has 0 aliphatic carbocycles. The van der Waals surface area contributed by atoms with Crippen molar-refractivity contribution in [2.24, 2.45) is 11.8 Å². The van der Waals surface area contributed by atoms with E-state index in [1.807, 2.05) is 38.8 Å². The van der Waals surface area contributed by atoms with Crippen LogP contribution in [0.1, 0.15) is 86.6 Å². The minimum atomic E-state index is -1.19. The van der Waals surface area contributed by atoms with Gasteiger partial charge in [0.25, 0.3) is 5.91 Å². The van der Waals surface area contributed by atoms with E-state index in [9.17, 15) is 39.0 Å². The molecule has 13 nitrogen and oxygen atoms in total. The summed E-state index contributed by atoms with van der Waals surface area (Å²) in [6.07, 6.45) is 4.21. The number of benzene rings is 1. The highest BCUT2D eigenvalue weighted by Crippen LogP contribution is 2.14. The van der Waals surface area contributed by atoms with Gasteiger partial charge in [-0.2, -0.15) is 5.48 Å². The SMILES string of the molecule is CC(C)C(C=O)NC(=O)[C@@H](O)C(C)C.CC(NOC1CCCN1C)C(=O)C(=O)NC(Cc1ccccc1)C(=O)O.CCC.CCC=O. The number of amides is 2. The molecule has 1 aliphatic rings. The van der Waals surface area contributed by atoms with E-state index in [1.165, 1.54) is 13.3 Å². The maximum absolute atomic E-state index is 12.2. The third-order valence-electron chi connectivity index (χ3n) is 6.58. The molecule has 0 saturated carbocycles. The Balaban J connectivity index is 0. The Bertz CT molecular complexity index is 1050. The Kier molecular flexibility index (Phi) is 25.7. The van der Waals surface area contributed by atoms with E-state index in [0.29, 0.717) is 12.7 Å². The maximum Gasteiger partial charge on any atom is 0.326 e. The van der Waals surface area contributed by atoms with Gasteiger partial charge in [-0.15, -0.1) is 0 Å². The second-order valence-electron chi connectivity index (χ2n) is 11.8. The minimum Gasteiger partial charge on any atom is -0.480 e. The number of carbonyl (C=O) groups is 6. The standard InChI is InChI=1S/C18H25N3O5.C10H19NO3.C3H6O.C3H8/c1-12(20-26-15-9-6-10-21(15)2)16(22)17(23)19-14(18(24)25)11-13-7-4-3-5-8-13;1-6(2)8(5-12)11-10(14)9(13)7(3)4;1-2-3-4;1-3-2/h3-5,7-8,12,14-15,20H,6,9-11H2,1-2H3,(H,19,23)(H,24,25);5-9,13H,1-4H3,(H,11,14);3H,2H2,1H3;3H2,1-2H3/t;8?,9-;;/m.0../s1. The second-order valence-corrected chi connectivity index (χ2v) is 11.8. The number of carboxylic acid groups (broad SMARTS) is 1. The van der Waals surface area contributed by atoms with Gasteiger partial charge in [0, 0.05) is 19.4 Å². The molecule has 5 N–H and O–H groups in total. The van der Waals surface area contributed by atoms with Gasteiger partial charge >= 0.3 is 5.97 Å². The highest BCUT2D eigenvalue weighted by molar-refractivity contribution is 6.38. The predicted octanol–water partition coefficient (Wildman–Crippen LogP) is 2.68. The lowest BCUT2D eigenvalue weighted by molar-refractivity contribution is -0.148. The van der Waals surface area contributed by atoms with E-state index in [4.69, 9.17) is 4.84 Å². The van der Waals surface area contributed by atoms with Crippen LogP contribution in [0.3, 0.4) is 0 Å². The van der Waals surface area contributed by atoms with Crippen molar-refractivity contribution < 1.29 is 43.8 Å². The summed E-state index contributed by atoms with van der Waals surface area (Å²) >= 11 is 0. The van der Waals surface area contributed by atoms with Crippen molar-refractivity contribution in [3.63, 3.8) is 0 Å². The topological polar surface area (TPSA) is 191 Å². The van der Waals surface area contributed by atoms with E-state index in [-0.39, 0.29) is 24.5 Å². The highest BCUT2D eigenvalue weighted by Gasteiger charge is 2.29. The zero-order valence-electron chi connectivity index (χ0n) is 29.5. The Labute approximate surface area is 280 Å². The van der Waals surface area contributed by atoms with Crippen LogP contribution >= 0.6 is 0 Å². The van der Waals surface area contributed by atoms with Crippen molar-refractivity contribution in [1.29, 1.82) is 0 Å². The van der Waals surface area contributed by atoms with Gasteiger partial charge in [-0.3, -0.25) is 24.1 Å². The summed E-state index contributed by atoms with van der Waals surface area (Å²) in [5.74, 6) is -3.50. The number of Topliss-reactive ketones (excluding diaryl/α,β-unsaturated/α-hetero) is 1. The molecule has 0 spiro atoms. The molecule has 1 heterocycles. The summed E-state index contributed by atoms with van der Waals surface area (Å²) in [6.45, 7) is 15.6. The zero-order valence-corrected chi connectivity index (χ0v) is 29.5. The summed E-state index contributed by atoms with van der Waals surface area (Å²) < 4.78 is 0. The van der Waals surface area contributed by atoms with E-state index in [2.05, 4.69) is 30.0 Å². The van der Waals surface area contributed by atoms with Crippen molar-refractivity contribution in [2.45, 2.75) is 118 Å². The molecule has 0 aromatic heterocycles. The maximum atomic E-state index is 12.2. The molecular formula is C34H58N4O9. The van der Waals surface area contributed by atoms with Gasteiger partial charge in [0.1, 0.15) is 30.9 Å². The number of nitrogens with one attached hydrogen (secondary N) is 3. The normalized spacial score (nSPS) is 16.4. The van der Waals surface area contributed by atoms with Gasteiger partial charge in [-0.1, -0.05) is 85.2 Å². The number of hydroxylamine groups is 1. The van der Waals surface area contributed by atoms with Crippen molar-refractivity contribution >= 4 is 36.1 Å². The van der Waals surface area contributed by atoms with E-state index in [1.54, 1.807) is 38.1 Å². The molecule has 1 aromatic rings. The minimum absolute atomic E-state index is 0.0378. The molecule has 0 bridgehead atoms. The van der Waals surface area contributed by atoms with E-state index >= 15 is 0 Å². The molecule has 1 fully saturated rings. The summed E-state index contributed by atoms with van der Waals surface area (Å²) in [5, 5.41) is 23.5. The molecule has 1 aliphatic heterocycles. The van der Waals surface area contributed by atoms with Gasteiger partial charge in [0.2, 0.25) is 11.7 Å². The first kappa shape index (κ1) is 45.6. The quantitative estimate of drug-likeness (QED) is 0.105. The monoisotopic (exact) mass is 666 g/mol. The lowest BCUT2D eigenvalue weighted by atomic mass is 10.0. The summed E-state index contributed by atoms with van der Waals surface area (Å²) in [7, 11) is 1.92. The molecule has 0 radical (unpaired) electrons. The smallest absolute Gasteiger partial charge is 0.326 e. The largest absolute Gasteiger partial charge is 0.480 e. The fourth-order valence-electron chi connectivity index (χ4n) is 3.65. The molecule has 1 aromatic carbocycles.